The molecule has 0 aliphatic carbocycles. The van der Waals surface area contributed by atoms with Crippen molar-refractivity contribution in [3.63, 3.8) is 0 Å². The summed E-state index contributed by atoms with van der Waals surface area (Å²) in [5.74, 6) is -1.21. The fraction of sp³-hybridized carbons (Fsp3) is 0.200. The molecule has 0 saturated heterocycles. The van der Waals surface area contributed by atoms with Gasteiger partial charge in [-0.25, -0.2) is 4.79 Å². The molecule has 0 heterocycles. The average molecular weight is 208 g/mol. The minimum Gasteiger partial charge on any atom is -0.480 e. The van der Waals surface area contributed by atoms with Crippen LogP contribution >= 0.6 is 0 Å². The molecule has 0 aliphatic rings. The Morgan fingerprint density at radius 1 is 1.40 bits per heavy atom. The smallest absolute Gasteiger partial charge is 0.331 e. The van der Waals surface area contributed by atoms with Crippen LogP contribution in [-0.4, -0.2) is 28.9 Å². The molecule has 1 aromatic rings. The Labute approximate surface area is 86.9 Å². The van der Waals surface area contributed by atoms with E-state index in [-0.39, 0.29) is 0 Å². The third-order valence-electron chi connectivity index (χ3n) is 2.03. The van der Waals surface area contributed by atoms with Gasteiger partial charge in [-0.15, -0.1) is 0 Å². The first kappa shape index (κ1) is 11.2. The van der Waals surface area contributed by atoms with Crippen molar-refractivity contribution in [2.45, 2.75) is 12.1 Å². The molecular weight excluding hydrogens is 196 g/mol. The number of hydrogen-bond donors (Lipinski definition) is 3. The van der Waals surface area contributed by atoms with E-state index in [9.17, 15) is 9.90 Å². The quantitative estimate of drug-likeness (QED) is 0.494. The summed E-state index contributed by atoms with van der Waals surface area (Å²) in [5, 5.41) is 18.4. The van der Waals surface area contributed by atoms with E-state index in [0.29, 0.717) is 11.3 Å². The van der Waals surface area contributed by atoms with Gasteiger partial charge < -0.3 is 15.9 Å². The Balaban J connectivity index is 2.92. The van der Waals surface area contributed by atoms with Crippen molar-refractivity contribution in [1.82, 2.24) is 0 Å². The molecule has 0 spiro atoms. The van der Waals surface area contributed by atoms with Gasteiger partial charge in [0, 0.05) is 5.69 Å². The molecule has 80 valence electrons. The van der Waals surface area contributed by atoms with E-state index < -0.39 is 18.1 Å². The SMILES string of the molecule is C=NC(C(=O)O)C(O)c1ccc(N)cc1. The zero-order valence-corrected chi connectivity index (χ0v) is 8.00. The van der Waals surface area contributed by atoms with Gasteiger partial charge in [0.05, 0.1) is 0 Å². The fourth-order valence-corrected chi connectivity index (χ4v) is 1.19. The largest absolute Gasteiger partial charge is 0.480 e. The van der Waals surface area contributed by atoms with Gasteiger partial charge in [-0.3, -0.25) is 4.99 Å². The number of carbonyl (C=O) groups is 1. The van der Waals surface area contributed by atoms with Crippen LogP contribution in [-0.2, 0) is 4.79 Å². The maximum absolute atomic E-state index is 10.7. The van der Waals surface area contributed by atoms with Crippen molar-refractivity contribution in [2.24, 2.45) is 4.99 Å². The molecule has 0 amide bonds. The fourth-order valence-electron chi connectivity index (χ4n) is 1.19. The van der Waals surface area contributed by atoms with Crippen LogP contribution in [0.2, 0.25) is 0 Å². The Bertz CT molecular complexity index is 361. The minimum atomic E-state index is -1.26. The predicted octanol–water partition coefficient (Wildman–Crippen LogP) is 0.456. The third-order valence-corrected chi connectivity index (χ3v) is 2.03. The number of hydrogen-bond acceptors (Lipinski definition) is 4. The Morgan fingerprint density at radius 2 is 1.93 bits per heavy atom. The Hall–Kier alpha value is -1.88. The maximum atomic E-state index is 10.7. The lowest BCUT2D eigenvalue weighted by Crippen LogP contribution is -2.25. The van der Waals surface area contributed by atoms with Crippen LogP contribution in [0, 0.1) is 0 Å². The molecule has 1 aromatic carbocycles. The van der Waals surface area contributed by atoms with Crippen LogP contribution in [0.3, 0.4) is 0 Å². The van der Waals surface area contributed by atoms with Crippen LogP contribution in [0.1, 0.15) is 11.7 Å². The molecule has 0 radical (unpaired) electrons. The number of aliphatic hydroxyl groups excluding tert-OH is 1. The number of carboxylic acids is 1. The van der Waals surface area contributed by atoms with E-state index >= 15 is 0 Å². The maximum Gasteiger partial charge on any atom is 0.331 e. The van der Waals surface area contributed by atoms with Gasteiger partial charge in [0.25, 0.3) is 0 Å². The van der Waals surface area contributed by atoms with Crippen LogP contribution in [0.25, 0.3) is 0 Å². The molecule has 0 saturated carbocycles. The van der Waals surface area contributed by atoms with Crippen LogP contribution < -0.4 is 5.73 Å². The molecule has 0 aromatic heterocycles. The van der Waals surface area contributed by atoms with Crippen molar-refractivity contribution >= 4 is 18.4 Å². The highest BCUT2D eigenvalue weighted by atomic mass is 16.4. The number of nitrogen functional groups attached to an aromatic ring is 1. The number of nitrogens with two attached hydrogens (primary N) is 1. The molecule has 4 N–H and O–H groups in total. The molecular formula is C10H12N2O3. The first-order valence-corrected chi connectivity index (χ1v) is 4.28. The second-order valence-corrected chi connectivity index (χ2v) is 3.08. The summed E-state index contributed by atoms with van der Waals surface area (Å²) in [4.78, 5) is 14.0. The summed E-state index contributed by atoms with van der Waals surface area (Å²) in [6, 6.07) is 5.03. The highest BCUT2D eigenvalue weighted by Crippen LogP contribution is 2.20. The molecule has 5 heteroatoms. The summed E-state index contributed by atoms with van der Waals surface area (Å²) in [5.41, 5.74) is 6.46. The van der Waals surface area contributed by atoms with E-state index in [1.165, 1.54) is 0 Å². The summed E-state index contributed by atoms with van der Waals surface area (Å²) in [6.07, 6.45) is -1.21. The lowest BCUT2D eigenvalue weighted by Gasteiger charge is -2.15. The van der Waals surface area contributed by atoms with Gasteiger partial charge in [-0.05, 0) is 24.4 Å². The number of anilines is 1. The second-order valence-electron chi connectivity index (χ2n) is 3.08. The monoisotopic (exact) mass is 208 g/mol. The highest BCUT2D eigenvalue weighted by molar-refractivity contribution is 5.75. The average Bonchev–Trinajstić information content (AvgIpc) is 2.19. The summed E-state index contributed by atoms with van der Waals surface area (Å²) < 4.78 is 0. The van der Waals surface area contributed by atoms with Gasteiger partial charge >= 0.3 is 5.97 Å². The second kappa shape index (κ2) is 4.56. The summed E-state index contributed by atoms with van der Waals surface area (Å²) >= 11 is 0. The van der Waals surface area contributed by atoms with Crippen molar-refractivity contribution in [3.05, 3.63) is 29.8 Å². The van der Waals surface area contributed by atoms with E-state index in [2.05, 4.69) is 11.7 Å². The van der Waals surface area contributed by atoms with E-state index in [0.717, 1.165) is 0 Å². The van der Waals surface area contributed by atoms with Crippen molar-refractivity contribution in [2.75, 3.05) is 5.73 Å². The summed E-state index contributed by atoms with van der Waals surface area (Å²) in [6.45, 7) is 3.13. The van der Waals surface area contributed by atoms with Gasteiger partial charge in [-0.2, -0.15) is 0 Å². The number of nitrogens with zero attached hydrogens (tertiary/aromatic N) is 1. The number of aliphatic hydroxyl groups is 1. The predicted molar refractivity (Wildman–Crippen MR) is 56.8 cm³/mol. The van der Waals surface area contributed by atoms with E-state index in [1.807, 2.05) is 0 Å². The molecule has 0 bridgehead atoms. The first-order valence-electron chi connectivity index (χ1n) is 4.28. The molecule has 0 fully saturated rings. The van der Waals surface area contributed by atoms with Crippen LogP contribution in [0.4, 0.5) is 5.69 Å². The molecule has 0 aliphatic heterocycles. The lowest BCUT2D eigenvalue weighted by molar-refractivity contribution is -0.141. The standard InChI is InChI=1S/C10H12N2O3/c1-12-8(10(14)15)9(13)6-2-4-7(11)5-3-6/h2-5,8-9,13H,1,11H2,(H,14,15). The van der Waals surface area contributed by atoms with Crippen LogP contribution in [0.5, 0.6) is 0 Å². The van der Waals surface area contributed by atoms with Gasteiger partial charge in [0.15, 0.2) is 6.04 Å². The van der Waals surface area contributed by atoms with Gasteiger partial charge in [-0.1, -0.05) is 12.1 Å². The number of aliphatic imine (C=N–C) groups is 1. The molecule has 1 rings (SSSR count). The Kier molecular flexibility index (Phi) is 3.41. The van der Waals surface area contributed by atoms with Gasteiger partial charge in [0.1, 0.15) is 6.10 Å². The Morgan fingerprint density at radius 3 is 2.33 bits per heavy atom. The number of benzene rings is 1. The van der Waals surface area contributed by atoms with Crippen molar-refractivity contribution < 1.29 is 15.0 Å². The highest BCUT2D eigenvalue weighted by Gasteiger charge is 2.25. The minimum absolute atomic E-state index is 0.448. The van der Waals surface area contributed by atoms with Crippen molar-refractivity contribution in [3.8, 4) is 0 Å². The molecule has 2 unspecified atom stereocenters. The zero-order valence-electron chi connectivity index (χ0n) is 8.00. The number of carboxylic acid groups (broad SMARTS) is 1. The van der Waals surface area contributed by atoms with E-state index in [4.69, 9.17) is 10.8 Å². The molecule has 15 heavy (non-hydrogen) atoms. The summed E-state index contributed by atoms with van der Waals surface area (Å²) in [7, 11) is 0. The normalized spacial score (nSPS) is 14.2. The zero-order chi connectivity index (χ0) is 11.4. The lowest BCUT2D eigenvalue weighted by atomic mass is 10.0. The van der Waals surface area contributed by atoms with Gasteiger partial charge in [0.2, 0.25) is 0 Å². The third kappa shape index (κ3) is 2.54. The number of rotatable bonds is 4. The van der Waals surface area contributed by atoms with E-state index in [1.54, 1.807) is 24.3 Å². The topological polar surface area (TPSA) is 95.9 Å². The first-order chi connectivity index (χ1) is 7.06. The van der Waals surface area contributed by atoms with Crippen LogP contribution in [0.15, 0.2) is 29.3 Å². The van der Waals surface area contributed by atoms with Crippen molar-refractivity contribution in [1.29, 1.82) is 0 Å². The molecule has 2 atom stereocenters. The number of aliphatic carboxylic acids is 1. The molecule has 5 nitrogen and oxygen atoms in total.